The Morgan fingerprint density at radius 1 is 1.44 bits per heavy atom. The first kappa shape index (κ1) is 10.4. The highest BCUT2D eigenvalue weighted by Crippen LogP contribution is 2.40. The summed E-state index contributed by atoms with van der Waals surface area (Å²) in [6.45, 7) is 3.51. The number of likely N-dealkylation sites (tertiary alicyclic amines) is 1. The van der Waals surface area contributed by atoms with E-state index in [1.54, 1.807) is 0 Å². The lowest BCUT2D eigenvalue weighted by Crippen LogP contribution is -2.41. The monoisotopic (exact) mass is 236 g/mol. The maximum Gasteiger partial charge on any atom is 0.0426 e. The minimum absolute atomic E-state index is 0.687. The fourth-order valence-electron chi connectivity index (χ4n) is 3.01. The summed E-state index contributed by atoms with van der Waals surface area (Å²) in [4.78, 5) is 2.44. The molecule has 0 radical (unpaired) electrons. The Morgan fingerprint density at radius 3 is 3.19 bits per heavy atom. The minimum atomic E-state index is 0.687. The molecule has 0 spiro atoms. The molecule has 2 aliphatic rings. The zero-order chi connectivity index (χ0) is 11.1. The summed E-state index contributed by atoms with van der Waals surface area (Å²) in [5.74, 6) is 1.48. The highest BCUT2D eigenvalue weighted by molar-refractivity contribution is 6.30. The van der Waals surface area contributed by atoms with Gasteiger partial charge in [-0.15, -0.1) is 0 Å². The van der Waals surface area contributed by atoms with Gasteiger partial charge in [-0.2, -0.15) is 0 Å². The average molecular weight is 237 g/mol. The lowest BCUT2D eigenvalue weighted by Gasteiger charge is -2.41. The fraction of sp³-hybridized carbons (Fsp3) is 0.538. The van der Waals surface area contributed by atoms with Crippen molar-refractivity contribution in [1.82, 2.24) is 4.90 Å². The van der Waals surface area contributed by atoms with Crippen LogP contribution in [0.15, 0.2) is 18.2 Å². The van der Waals surface area contributed by atoms with Crippen LogP contribution >= 0.6 is 11.6 Å². The van der Waals surface area contributed by atoms with Crippen LogP contribution in [0.1, 0.15) is 17.9 Å². The molecule has 2 nitrogen and oxygen atoms in total. The molecule has 1 fully saturated rings. The van der Waals surface area contributed by atoms with E-state index < -0.39 is 0 Å². The van der Waals surface area contributed by atoms with Gasteiger partial charge in [0.05, 0.1) is 0 Å². The second-order valence-corrected chi connectivity index (χ2v) is 5.47. The number of fused-ring (bicyclic) bond motifs is 3. The Hall–Kier alpha value is -0.730. The van der Waals surface area contributed by atoms with E-state index in [0.29, 0.717) is 5.92 Å². The second kappa shape index (κ2) is 3.94. The SMILES string of the molecule is CN1CCC2CNc3cc(Cl)ccc3C2C1. The highest BCUT2D eigenvalue weighted by Gasteiger charge is 2.33. The standard InChI is InChI=1S/C13H17ClN2/c1-16-5-4-9-7-15-13-6-10(14)2-3-11(13)12(9)8-16/h2-3,6,9,12,15H,4-5,7-8H2,1H3. The van der Waals surface area contributed by atoms with Crippen molar-refractivity contribution >= 4 is 17.3 Å². The van der Waals surface area contributed by atoms with Gasteiger partial charge in [-0.1, -0.05) is 17.7 Å². The number of halogens is 1. The summed E-state index contributed by atoms with van der Waals surface area (Å²) in [5.41, 5.74) is 2.69. The van der Waals surface area contributed by atoms with E-state index >= 15 is 0 Å². The predicted octanol–water partition coefficient (Wildman–Crippen LogP) is 2.80. The molecule has 0 saturated carbocycles. The molecule has 3 heteroatoms. The molecule has 0 aliphatic carbocycles. The van der Waals surface area contributed by atoms with Crippen molar-refractivity contribution in [2.45, 2.75) is 12.3 Å². The molecule has 2 unspecified atom stereocenters. The van der Waals surface area contributed by atoms with Crippen molar-refractivity contribution in [3.05, 3.63) is 28.8 Å². The number of likely N-dealkylation sites (N-methyl/N-ethyl adjacent to an activating group) is 1. The Labute approximate surface area is 102 Å². The largest absolute Gasteiger partial charge is 0.384 e. The molecule has 2 aliphatic heterocycles. The Balaban J connectivity index is 1.97. The number of nitrogens with one attached hydrogen (secondary N) is 1. The van der Waals surface area contributed by atoms with Crippen molar-refractivity contribution in [2.24, 2.45) is 5.92 Å². The quantitative estimate of drug-likeness (QED) is 0.745. The molecule has 2 atom stereocenters. The maximum atomic E-state index is 6.03. The second-order valence-electron chi connectivity index (χ2n) is 5.03. The van der Waals surface area contributed by atoms with Crippen LogP contribution in [0.5, 0.6) is 0 Å². The summed E-state index contributed by atoms with van der Waals surface area (Å²) >= 11 is 6.03. The van der Waals surface area contributed by atoms with Gasteiger partial charge in [-0.05, 0) is 43.6 Å². The molecule has 1 saturated heterocycles. The van der Waals surface area contributed by atoms with Gasteiger partial charge in [-0.25, -0.2) is 0 Å². The summed E-state index contributed by atoms with van der Waals surface area (Å²) in [5, 5.41) is 4.34. The normalized spacial score (nSPS) is 29.1. The molecule has 16 heavy (non-hydrogen) atoms. The van der Waals surface area contributed by atoms with Gasteiger partial charge < -0.3 is 10.2 Å². The molecule has 0 amide bonds. The number of rotatable bonds is 0. The van der Waals surface area contributed by atoms with Crippen LogP contribution in [0.25, 0.3) is 0 Å². The van der Waals surface area contributed by atoms with Crippen LogP contribution in [0, 0.1) is 5.92 Å². The summed E-state index contributed by atoms with van der Waals surface area (Å²) in [6.07, 6.45) is 1.30. The lowest BCUT2D eigenvalue weighted by molar-refractivity contribution is 0.192. The topological polar surface area (TPSA) is 15.3 Å². The Kier molecular flexibility index (Phi) is 2.56. The summed E-state index contributed by atoms with van der Waals surface area (Å²) in [6, 6.07) is 6.27. The minimum Gasteiger partial charge on any atom is -0.384 e. The van der Waals surface area contributed by atoms with Gasteiger partial charge in [0, 0.05) is 29.7 Å². The molecule has 0 aromatic heterocycles. The number of anilines is 1. The van der Waals surface area contributed by atoms with Crippen LogP contribution in [0.2, 0.25) is 5.02 Å². The van der Waals surface area contributed by atoms with E-state index in [4.69, 9.17) is 11.6 Å². The number of hydrogen-bond acceptors (Lipinski definition) is 2. The molecular formula is C13H17ClN2. The number of nitrogens with zero attached hydrogens (tertiary/aromatic N) is 1. The molecular weight excluding hydrogens is 220 g/mol. The number of piperidine rings is 1. The lowest BCUT2D eigenvalue weighted by atomic mass is 9.78. The first-order chi connectivity index (χ1) is 7.74. The van der Waals surface area contributed by atoms with Gasteiger partial charge in [0.1, 0.15) is 0 Å². The predicted molar refractivity (Wildman–Crippen MR) is 68.3 cm³/mol. The Bertz CT molecular complexity index is 405. The molecule has 86 valence electrons. The Morgan fingerprint density at radius 2 is 2.31 bits per heavy atom. The van der Waals surface area contributed by atoms with E-state index in [1.165, 1.54) is 30.8 Å². The van der Waals surface area contributed by atoms with Gasteiger partial charge in [0.25, 0.3) is 0 Å². The number of hydrogen-bond donors (Lipinski definition) is 1. The number of benzene rings is 1. The molecule has 1 aromatic carbocycles. The average Bonchev–Trinajstić information content (AvgIpc) is 2.28. The highest BCUT2D eigenvalue weighted by atomic mass is 35.5. The molecule has 1 aromatic rings. The van der Waals surface area contributed by atoms with Crippen LogP contribution in [0.4, 0.5) is 5.69 Å². The van der Waals surface area contributed by atoms with Crippen molar-refractivity contribution < 1.29 is 0 Å². The molecule has 3 rings (SSSR count). The van der Waals surface area contributed by atoms with Crippen molar-refractivity contribution in [2.75, 3.05) is 32.0 Å². The third kappa shape index (κ3) is 1.70. The van der Waals surface area contributed by atoms with E-state index in [-0.39, 0.29) is 0 Å². The van der Waals surface area contributed by atoms with E-state index in [9.17, 15) is 0 Å². The smallest absolute Gasteiger partial charge is 0.0426 e. The third-order valence-corrected chi connectivity index (χ3v) is 4.16. The van der Waals surface area contributed by atoms with Crippen LogP contribution in [0.3, 0.4) is 0 Å². The van der Waals surface area contributed by atoms with Gasteiger partial charge in [-0.3, -0.25) is 0 Å². The fourth-order valence-corrected chi connectivity index (χ4v) is 3.18. The molecule has 0 bridgehead atoms. The maximum absolute atomic E-state index is 6.03. The van der Waals surface area contributed by atoms with Gasteiger partial charge >= 0.3 is 0 Å². The zero-order valence-electron chi connectivity index (χ0n) is 9.54. The summed E-state index contributed by atoms with van der Waals surface area (Å²) < 4.78 is 0. The first-order valence-electron chi connectivity index (χ1n) is 5.96. The van der Waals surface area contributed by atoms with Crippen LogP contribution in [-0.4, -0.2) is 31.6 Å². The van der Waals surface area contributed by atoms with Crippen LogP contribution in [-0.2, 0) is 0 Å². The molecule has 2 heterocycles. The van der Waals surface area contributed by atoms with E-state index in [2.05, 4.69) is 29.4 Å². The van der Waals surface area contributed by atoms with Crippen LogP contribution < -0.4 is 5.32 Å². The van der Waals surface area contributed by atoms with Gasteiger partial charge in [0.15, 0.2) is 0 Å². The molecule has 1 N–H and O–H groups in total. The van der Waals surface area contributed by atoms with Gasteiger partial charge in [0.2, 0.25) is 0 Å². The van der Waals surface area contributed by atoms with E-state index in [0.717, 1.165) is 17.5 Å². The van der Waals surface area contributed by atoms with Crippen molar-refractivity contribution in [3.8, 4) is 0 Å². The zero-order valence-corrected chi connectivity index (χ0v) is 10.3. The third-order valence-electron chi connectivity index (χ3n) is 3.93. The summed E-state index contributed by atoms with van der Waals surface area (Å²) in [7, 11) is 2.22. The van der Waals surface area contributed by atoms with Crippen molar-refractivity contribution in [1.29, 1.82) is 0 Å². The van der Waals surface area contributed by atoms with E-state index in [1.807, 2.05) is 6.07 Å². The first-order valence-corrected chi connectivity index (χ1v) is 6.33. The van der Waals surface area contributed by atoms with Crippen molar-refractivity contribution in [3.63, 3.8) is 0 Å².